The van der Waals surface area contributed by atoms with Crippen molar-refractivity contribution < 1.29 is 9.90 Å². The molecule has 0 saturated heterocycles. The summed E-state index contributed by atoms with van der Waals surface area (Å²) in [7, 11) is 0. The lowest BCUT2D eigenvalue weighted by Crippen LogP contribution is -2.21. The van der Waals surface area contributed by atoms with Gasteiger partial charge in [-0.3, -0.25) is 4.79 Å². The first-order valence-corrected chi connectivity index (χ1v) is 5.42. The van der Waals surface area contributed by atoms with E-state index in [-0.39, 0.29) is 0 Å². The number of nitrogens with zero attached hydrogens (tertiary/aromatic N) is 3. The van der Waals surface area contributed by atoms with E-state index in [1.54, 1.807) is 11.0 Å². The summed E-state index contributed by atoms with van der Waals surface area (Å²) in [5.74, 6) is -0.759. The van der Waals surface area contributed by atoms with Gasteiger partial charge in [0.25, 0.3) is 0 Å². The van der Waals surface area contributed by atoms with E-state index in [1.165, 1.54) is 6.33 Å². The van der Waals surface area contributed by atoms with Crippen molar-refractivity contribution in [1.82, 2.24) is 14.8 Å². The van der Waals surface area contributed by atoms with Gasteiger partial charge in [-0.25, -0.2) is 9.67 Å². The number of aromatic nitrogens is 3. The maximum atomic E-state index is 11.4. The third kappa shape index (κ3) is 1.43. The van der Waals surface area contributed by atoms with Crippen LogP contribution in [0.5, 0.6) is 0 Å². The molecular formula is C12H11N3O2. The Labute approximate surface area is 97.7 Å². The van der Waals surface area contributed by atoms with Crippen molar-refractivity contribution in [3.63, 3.8) is 0 Å². The molecule has 1 aromatic carbocycles. The molecule has 1 saturated carbocycles. The number of rotatable bonds is 3. The lowest BCUT2D eigenvalue weighted by molar-refractivity contribution is -0.140. The summed E-state index contributed by atoms with van der Waals surface area (Å²) in [6.45, 7) is 0. The molecule has 1 aliphatic carbocycles. The van der Waals surface area contributed by atoms with E-state index < -0.39 is 11.4 Å². The van der Waals surface area contributed by atoms with Crippen LogP contribution in [0.4, 0.5) is 0 Å². The normalized spacial score (nSPS) is 16.7. The van der Waals surface area contributed by atoms with Gasteiger partial charge >= 0.3 is 5.97 Å². The molecule has 2 aromatic rings. The first-order chi connectivity index (χ1) is 8.24. The zero-order valence-corrected chi connectivity index (χ0v) is 9.08. The summed E-state index contributed by atoms with van der Waals surface area (Å²) >= 11 is 0. The smallest absolute Gasteiger partial charge is 0.314 e. The minimum atomic E-state index is -0.759. The summed E-state index contributed by atoms with van der Waals surface area (Å²) in [5, 5.41) is 13.4. The Bertz CT molecular complexity index is 559. The van der Waals surface area contributed by atoms with E-state index in [4.69, 9.17) is 0 Å². The van der Waals surface area contributed by atoms with Gasteiger partial charge in [0, 0.05) is 0 Å². The van der Waals surface area contributed by atoms with Gasteiger partial charge in [0.05, 0.1) is 11.1 Å². The molecule has 0 amide bonds. The van der Waals surface area contributed by atoms with Crippen LogP contribution < -0.4 is 0 Å². The van der Waals surface area contributed by atoms with Gasteiger partial charge in [0.15, 0.2) is 0 Å². The highest BCUT2D eigenvalue weighted by Crippen LogP contribution is 2.50. The quantitative estimate of drug-likeness (QED) is 0.863. The maximum absolute atomic E-state index is 11.4. The zero-order valence-electron chi connectivity index (χ0n) is 9.08. The molecule has 0 unspecified atom stereocenters. The van der Waals surface area contributed by atoms with E-state index in [2.05, 4.69) is 10.1 Å². The number of carboxylic acid groups (broad SMARTS) is 1. The Balaban J connectivity index is 2.15. The molecule has 0 radical (unpaired) electrons. The van der Waals surface area contributed by atoms with Crippen molar-refractivity contribution in [3.05, 3.63) is 42.5 Å². The minimum Gasteiger partial charge on any atom is -0.481 e. The Morgan fingerprint density at radius 3 is 2.71 bits per heavy atom. The van der Waals surface area contributed by atoms with E-state index in [9.17, 15) is 9.90 Å². The van der Waals surface area contributed by atoms with Crippen LogP contribution in [0, 0.1) is 0 Å². The Kier molecular flexibility index (Phi) is 2.01. The van der Waals surface area contributed by atoms with Crippen LogP contribution in [0.15, 0.2) is 36.9 Å². The molecule has 86 valence electrons. The minimum absolute atomic E-state index is 0.689. The first-order valence-electron chi connectivity index (χ1n) is 5.42. The van der Waals surface area contributed by atoms with Gasteiger partial charge in [0.2, 0.25) is 0 Å². The van der Waals surface area contributed by atoms with Gasteiger partial charge in [0.1, 0.15) is 12.7 Å². The molecule has 1 aromatic heterocycles. The number of aliphatic carboxylic acids is 1. The largest absolute Gasteiger partial charge is 0.481 e. The van der Waals surface area contributed by atoms with Crippen LogP contribution >= 0.6 is 0 Å². The Morgan fingerprint density at radius 2 is 2.12 bits per heavy atom. The molecule has 0 spiro atoms. The lowest BCUT2D eigenvalue weighted by Gasteiger charge is -2.14. The number of carbonyl (C=O) groups is 1. The summed E-state index contributed by atoms with van der Waals surface area (Å²) in [6, 6.07) is 7.46. The fraction of sp³-hybridized carbons (Fsp3) is 0.250. The fourth-order valence-electron chi connectivity index (χ4n) is 2.13. The molecule has 1 aliphatic rings. The van der Waals surface area contributed by atoms with Gasteiger partial charge < -0.3 is 5.11 Å². The predicted molar refractivity (Wildman–Crippen MR) is 59.9 cm³/mol. The monoisotopic (exact) mass is 229 g/mol. The molecule has 1 N–H and O–H groups in total. The molecule has 0 atom stereocenters. The first kappa shape index (κ1) is 10.0. The number of benzene rings is 1. The van der Waals surface area contributed by atoms with Gasteiger partial charge in [-0.05, 0) is 24.5 Å². The van der Waals surface area contributed by atoms with Crippen LogP contribution in [0.1, 0.15) is 18.4 Å². The second kappa shape index (κ2) is 3.41. The van der Waals surface area contributed by atoms with Crippen molar-refractivity contribution in [1.29, 1.82) is 0 Å². The number of para-hydroxylation sites is 1. The fourth-order valence-corrected chi connectivity index (χ4v) is 2.13. The highest BCUT2D eigenvalue weighted by atomic mass is 16.4. The van der Waals surface area contributed by atoms with E-state index in [0.29, 0.717) is 12.8 Å². The highest BCUT2D eigenvalue weighted by molar-refractivity contribution is 5.86. The predicted octanol–water partition coefficient (Wildman–Crippen LogP) is 1.38. The average molecular weight is 229 g/mol. The van der Waals surface area contributed by atoms with Crippen molar-refractivity contribution in [2.45, 2.75) is 18.3 Å². The second-order valence-corrected chi connectivity index (χ2v) is 4.24. The van der Waals surface area contributed by atoms with Gasteiger partial charge in [-0.1, -0.05) is 18.2 Å². The summed E-state index contributed by atoms with van der Waals surface area (Å²) in [4.78, 5) is 15.3. The van der Waals surface area contributed by atoms with E-state index in [0.717, 1.165) is 11.3 Å². The topological polar surface area (TPSA) is 68.0 Å². The van der Waals surface area contributed by atoms with Crippen LogP contribution in [-0.4, -0.2) is 25.8 Å². The molecule has 17 heavy (non-hydrogen) atoms. The number of hydrogen-bond acceptors (Lipinski definition) is 3. The van der Waals surface area contributed by atoms with Gasteiger partial charge in [-0.15, -0.1) is 0 Å². The second-order valence-electron chi connectivity index (χ2n) is 4.24. The summed E-state index contributed by atoms with van der Waals surface area (Å²) in [5.41, 5.74) is 0.894. The van der Waals surface area contributed by atoms with E-state index >= 15 is 0 Å². The summed E-state index contributed by atoms with van der Waals surface area (Å²) < 4.78 is 1.61. The molecule has 3 rings (SSSR count). The third-order valence-electron chi connectivity index (χ3n) is 3.24. The SMILES string of the molecule is O=C(O)C1(c2ccccc2-n2cncn2)CC1. The molecule has 0 aliphatic heterocycles. The average Bonchev–Trinajstić information content (AvgIpc) is 2.98. The Morgan fingerprint density at radius 1 is 1.35 bits per heavy atom. The van der Waals surface area contributed by atoms with Crippen molar-refractivity contribution in [3.8, 4) is 5.69 Å². The lowest BCUT2D eigenvalue weighted by atomic mass is 9.94. The van der Waals surface area contributed by atoms with Crippen LogP contribution in [0.25, 0.3) is 5.69 Å². The standard InChI is InChI=1S/C12H11N3O2/c16-11(17)12(5-6-12)9-3-1-2-4-10(9)15-8-13-7-14-15/h1-4,7-8H,5-6H2,(H,16,17). The van der Waals surface area contributed by atoms with Crippen molar-refractivity contribution >= 4 is 5.97 Å². The molecule has 5 nitrogen and oxygen atoms in total. The molecule has 0 bridgehead atoms. The number of carboxylic acids is 1. The molecule has 5 heteroatoms. The highest BCUT2D eigenvalue weighted by Gasteiger charge is 2.53. The summed E-state index contributed by atoms with van der Waals surface area (Å²) in [6.07, 6.45) is 4.40. The zero-order chi connectivity index (χ0) is 11.9. The van der Waals surface area contributed by atoms with Crippen LogP contribution in [0.2, 0.25) is 0 Å². The van der Waals surface area contributed by atoms with E-state index in [1.807, 2.05) is 24.3 Å². The molecular weight excluding hydrogens is 218 g/mol. The maximum Gasteiger partial charge on any atom is 0.314 e. The number of hydrogen-bond donors (Lipinski definition) is 1. The Hall–Kier alpha value is -2.17. The van der Waals surface area contributed by atoms with Crippen molar-refractivity contribution in [2.75, 3.05) is 0 Å². The third-order valence-corrected chi connectivity index (χ3v) is 3.24. The molecule has 1 heterocycles. The van der Waals surface area contributed by atoms with Crippen molar-refractivity contribution in [2.24, 2.45) is 0 Å². The molecule has 1 fully saturated rings. The van der Waals surface area contributed by atoms with Gasteiger partial charge in [-0.2, -0.15) is 5.10 Å². The van der Waals surface area contributed by atoms with Crippen LogP contribution in [0.3, 0.4) is 0 Å². The van der Waals surface area contributed by atoms with Crippen LogP contribution in [-0.2, 0) is 10.2 Å².